The third-order valence-corrected chi connectivity index (χ3v) is 3.79. The lowest BCUT2D eigenvalue weighted by atomic mass is 10.1. The summed E-state index contributed by atoms with van der Waals surface area (Å²) in [5.74, 6) is 0.920. The van der Waals surface area contributed by atoms with Gasteiger partial charge in [0, 0.05) is 24.9 Å². The molecule has 0 radical (unpaired) electrons. The van der Waals surface area contributed by atoms with Crippen LogP contribution in [0.4, 0.5) is 0 Å². The van der Waals surface area contributed by atoms with Gasteiger partial charge in [0.1, 0.15) is 0 Å². The van der Waals surface area contributed by atoms with Crippen LogP contribution in [-0.2, 0) is 17.8 Å². The Morgan fingerprint density at radius 1 is 1.04 bits per heavy atom. The lowest BCUT2D eigenvalue weighted by Gasteiger charge is -2.07. The van der Waals surface area contributed by atoms with Crippen LogP contribution in [-0.4, -0.2) is 16.1 Å². The largest absolute Gasteiger partial charge is 0.421 e. The Hall–Kier alpha value is -2.95. The summed E-state index contributed by atoms with van der Waals surface area (Å²) in [6, 6.07) is 17.6. The molecule has 5 heteroatoms. The Bertz CT molecular complexity index is 812. The second kappa shape index (κ2) is 7.55. The second-order valence-corrected chi connectivity index (χ2v) is 5.57. The fourth-order valence-electron chi connectivity index (χ4n) is 2.36. The molecule has 0 fully saturated rings. The first-order valence-electron chi connectivity index (χ1n) is 7.91. The van der Waals surface area contributed by atoms with Gasteiger partial charge in [-0.2, -0.15) is 0 Å². The predicted molar refractivity (Wildman–Crippen MR) is 91.1 cm³/mol. The van der Waals surface area contributed by atoms with E-state index in [1.165, 1.54) is 5.56 Å². The van der Waals surface area contributed by atoms with Gasteiger partial charge in [-0.25, -0.2) is 0 Å². The van der Waals surface area contributed by atoms with Gasteiger partial charge >= 0.3 is 0 Å². The minimum absolute atomic E-state index is 0.0299. The highest BCUT2D eigenvalue weighted by Gasteiger charge is 2.10. The molecule has 0 spiro atoms. The van der Waals surface area contributed by atoms with Gasteiger partial charge in [-0.15, -0.1) is 10.2 Å². The highest BCUT2D eigenvalue weighted by atomic mass is 16.4. The molecule has 0 aliphatic carbocycles. The van der Waals surface area contributed by atoms with Crippen LogP contribution in [0.15, 0.2) is 59.0 Å². The number of carbonyl (C=O) groups is 1. The molecule has 122 valence electrons. The van der Waals surface area contributed by atoms with Crippen LogP contribution in [0.3, 0.4) is 0 Å². The van der Waals surface area contributed by atoms with Gasteiger partial charge in [-0.05, 0) is 30.2 Å². The van der Waals surface area contributed by atoms with Crippen molar-refractivity contribution in [3.05, 3.63) is 71.6 Å². The number of carbonyl (C=O) groups excluding carboxylic acids is 1. The fraction of sp³-hybridized carbons (Fsp3) is 0.211. The van der Waals surface area contributed by atoms with Crippen molar-refractivity contribution in [2.45, 2.75) is 26.3 Å². The molecule has 24 heavy (non-hydrogen) atoms. The Labute approximate surface area is 140 Å². The van der Waals surface area contributed by atoms with E-state index in [9.17, 15) is 4.79 Å². The Morgan fingerprint density at radius 2 is 1.79 bits per heavy atom. The van der Waals surface area contributed by atoms with Crippen molar-refractivity contribution in [3.63, 3.8) is 0 Å². The maximum absolute atomic E-state index is 12.0. The van der Waals surface area contributed by atoms with Gasteiger partial charge in [-0.3, -0.25) is 4.79 Å². The maximum Gasteiger partial charge on any atom is 0.247 e. The monoisotopic (exact) mass is 321 g/mol. The third-order valence-electron chi connectivity index (χ3n) is 3.79. The van der Waals surface area contributed by atoms with E-state index < -0.39 is 0 Å². The number of nitrogens with zero attached hydrogens (tertiary/aromatic N) is 2. The van der Waals surface area contributed by atoms with Crippen molar-refractivity contribution < 1.29 is 9.21 Å². The number of nitrogens with one attached hydrogen (secondary N) is 1. The molecule has 1 amide bonds. The minimum atomic E-state index is -0.0299. The summed E-state index contributed by atoms with van der Waals surface area (Å²) in [5.41, 5.74) is 3.16. The Morgan fingerprint density at radius 3 is 2.58 bits per heavy atom. The summed E-state index contributed by atoms with van der Waals surface area (Å²) in [6.45, 7) is 2.57. The minimum Gasteiger partial charge on any atom is -0.421 e. The quantitative estimate of drug-likeness (QED) is 0.756. The molecular formula is C19H19N3O2. The van der Waals surface area contributed by atoms with Crippen LogP contribution in [0.1, 0.15) is 23.4 Å². The number of aromatic nitrogens is 2. The number of aryl methyl sites for hydroxylation is 2. The molecule has 2 aromatic carbocycles. The van der Waals surface area contributed by atoms with Crippen molar-refractivity contribution in [3.8, 4) is 11.5 Å². The molecule has 0 atom stereocenters. The zero-order valence-electron chi connectivity index (χ0n) is 13.5. The van der Waals surface area contributed by atoms with Crippen molar-refractivity contribution in [2.75, 3.05) is 0 Å². The summed E-state index contributed by atoms with van der Waals surface area (Å²) >= 11 is 0. The topological polar surface area (TPSA) is 68.0 Å². The van der Waals surface area contributed by atoms with Gasteiger partial charge in [0.05, 0.1) is 0 Å². The highest BCUT2D eigenvalue weighted by Crippen LogP contribution is 2.17. The van der Waals surface area contributed by atoms with Crippen molar-refractivity contribution >= 4 is 5.91 Å². The van der Waals surface area contributed by atoms with Crippen LogP contribution in [0.25, 0.3) is 11.5 Å². The number of amides is 1. The van der Waals surface area contributed by atoms with E-state index in [0.29, 0.717) is 31.2 Å². The van der Waals surface area contributed by atoms with E-state index in [-0.39, 0.29) is 5.91 Å². The Balaban J connectivity index is 1.50. The van der Waals surface area contributed by atoms with Gasteiger partial charge in [0.2, 0.25) is 17.7 Å². The molecule has 1 N–H and O–H groups in total. The highest BCUT2D eigenvalue weighted by molar-refractivity contribution is 5.76. The van der Waals surface area contributed by atoms with Crippen LogP contribution < -0.4 is 5.32 Å². The normalized spacial score (nSPS) is 10.5. The van der Waals surface area contributed by atoms with Gasteiger partial charge in [0.15, 0.2) is 0 Å². The fourth-order valence-corrected chi connectivity index (χ4v) is 2.36. The summed E-state index contributed by atoms with van der Waals surface area (Å²) in [4.78, 5) is 12.0. The summed E-state index contributed by atoms with van der Waals surface area (Å²) in [5, 5.41) is 10.9. The van der Waals surface area contributed by atoms with E-state index in [1.807, 2.05) is 61.5 Å². The average Bonchev–Trinajstić information content (AvgIpc) is 3.09. The lowest BCUT2D eigenvalue weighted by molar-refractivity contribution is -0.121. The zero-order valence-corrected chi connectivity index (χ0v) is 13.5. The van der Waals surface area contributed by atoms with Crippen molar-refractivity contribution in [1.82, 2.24) is 15.5 Å². The van der Waals surface area contributed by atoms with Crippen LogP contribution in [0, 0.1) is 6.92 Å². The lowest BCUT2D eigenvalue weighted by Crippen LogP contribution is -2.23. The molecule has 0 aliphatic rings. The van der Waals surface area contributed by atoms with E-state index in [0.717, 1.165) is 11.1 Å². The number of hydrogen-bond donors (Lipinski definition) is 1. The number of hydrogen-bond acceptors (Lipinski definition) is 4. The molecule has 0 bridgehead atoms. The summed E-state index contributed by atoms with van der Waals surface area (Å²) < 4.78 is 5.60. The van der Waals surface area contributed by atoms with Gasteiger partial charge in [-0.1, -0.05) is 42.5 Å². The molecule has 0 unspecified atom stereocenters. The predicted octanol–water partition coefficient (Wildman–Crippen LogP) is 3.29. The average molecular weight is 321 g/mol. The summed E-state index contributed by atoms with van der Waals surface area (Å²) in [7, 11) is 0. The molecule has 0 saturated carbocycles. The first-order chi connectivity index (χ1) is 11.7. The van der Waals surface area contributed by atoms with Crippen LogP contribution >= 0.6 is 0 Å². The third kappa shape index (κ3) is 4.07. The molecular weight excluding hydrogens is 302 g/mol. The van der Waals surface area contributed by atoms with Crippen LogP contribution in [0.5, 0.6) is 0 Å². The van der Waals surface area contributed by atoms with Crippen molar-refractivity contribution in [2.24, 2.45) is 0 Å². The molecule has 1 heterocycles. The van der Waals surface area contributed by atoms with Gasteiger partial charge in [0.25, 0.3) is 0 Å². The van der Waals surface area contributed by atoms with E-state index in [1.54, 1.807) is 0 Å². The molecule has 5 nitrogen and oxygen atoms in total. The van der Waals surface area contributed by atoms with Crippen LogP contribution in [0.2, 0.25) is 0 Å². The van der Waals surface area contributed by atoms with Crippen molar-refractivity contribution in [1.29, 1.82) is 0 Å². The summed E-state index contributed by atoms with van der Waals surface area (Å²) in [6.07, 6.45) is 0.752. The molecule has 0 aliphatic heterocycles. The Kier molecular flexibility index (Phi) is 5.01. The number of rotatable bonds is 6. The maximum atomic E-state index is 12.0. The molecule has 1 aromatic heterocycles. The number of benzene rings is 2. The first kappa shape index (κ1) is 15.9. The molecule has 0 saturated heterocycles. The molecule has 3 rings (SSSR count). The smallest absolute Gasteiger partial charge is 0.247 e. The SMILES string of the molecule is Cc1ccccc1CNC(=O)CCc1nnc(-c2ccccc2)o1. The molecule has 3 aromatic rings. The van der Waals surface area contributed by atoms with E-state index in [2.05, 4.69) is 15.5 Å². The second-order valence-electron chi connectivity index (χ2n) is 5.57. The zero-order chi connectivity index (χ0) is 16.8. The van der Waals surface area contributed by atoms with E-state index >= 15 is 0 Å². The standard InChI is InChI=1S/C19H19N3O2/c1-14-7-5-6-10-16(14)13-20-17(23)11-12-18-21-22-19(24-18)15-8-3-2-4-9-15/h2-10H,11-13H2,1H3,(H,20,23). The first-order valence-corrected chi connectivity index (χ1v) is 7.91. The van der Waals surface area contributed by atoms with E-state index in [4.69, 9.17) is 4.42 Å². The van der Waals surface area contributed by atoms with Gasteiger partial charge < -0.3 is 9.73 Å².